The Kier molecular flexibility index (Phi) is 5.10. The Morgan fingerprint density at radius 3 is 2.65 bits per heavy atom. The molecule has 1 N–H and O–H groups in total. The third-order valence-corrected chi connectivity index (χ3v) is 2.65. The van der Waals surface area contributed by atoms with Gasteiger partial charge >= 0.3 is 5.97 Å². The van der Waals surface area contributed by atoms with Crippen LogP contribution in [-0.4, -0.2) is 22.9 Å². The van der Waals surface area contributed by atoms with Gasteiger partial charge in [-0.1, -0.05) is 0 Å². The number of hydrogen-bond acceptors (Lipinski definition) is 4. The van der Waals surface area contributed by atoms with E-state index in [-0.39, 0.29) is 18.0 Å². The van der Waals surface area contributed by atoms with Crippen LogP contribution in [0.5, 0.6) is 0 Å². The zero-order valence-electron chi connectivity index (χ0n) is 11.3. The fraction of sp³-hybridized carbons (Fsp3) is 0.231. The summed E-state index contributed by atoms with van der Waals surface area (Å²) in [5.74, 6) is -0.387. The molecule has 20 heavy (non-hydrogen) atoms. The number of nitrogens with zero attached hydrogens (tertiary/aromatic N) is 2. The van der Waals surface area contributed by atoms with Crippen LogP contribution in [0.4, 0.5) is 15.9 Å². The van der Waals surface area contributed by atoms with Gasteiger partial charge in [-0.25, -0.2) is 9.18 Å². The molecule has 2 aromatic rings. The van der Waals surface area contributed by atoms with Crippen molar-refractivity contribution >= 4 is 29.9 Å². The second-order valence-electron chi connectivity index (χ2n) is 4.10. The van der Waals surface area contributed by atoms with E-state index in [1.807, 2.05) is 13.0 Å². The van der Waals surface area contributed by atoms with Crippen molar-refractivity contribution in [1.29, 1.82) is 0 Å². The van der Waals surface area contributed by atoms with Crippen LogP contribution in [0.1, 0.15) is 16.1 Å². The molecule has 0 saturated heterocycles. The lowest BCUT2D eigenvalue weighted by Crippen LogP contribution is -2.08. The molecular weight excluding hydrogens is 285 g/mol. The maximum absolute atomic E-state index is 13.2. The van der Waals surface area contributed by atoms with Crippen LogP contribution >= 0.6 is 12.4 Å². The van der Waals surface area contributed by atoms with Gasteiger partial charge in [0.15, 0.2) is 0 Å². The van der Waals surface area contributed by atoms with Gasteiger partial charge in [-0.15, -0.1) is 12.4 Å². The van der Waals surface area contributed by atoms with Crippen LogP contribution < -0.4 is 5.32 Å². The number of aromatic nitrogens is 2. The molecule has 2 rings (SSSR count). The van der Waals surface area contributed by atoms with E-state index in [0.717, 1.165) is 11.8 Å². The minimum Gasteiger partial charge on any atom is -0.465 e. The summed E-state index contributed by atoms with van der Waals surface area (Å²) in [6, 6.07) is 5.73. The number of carbonyl (C=O) groups excluding carboxylic acids is 1. The lowest BCUT2D eigenvalue weighted by Gasteiger charge is -2.10. The molecule has 0 amide bonds. The van der Waals surface area contributed by atoms with E-state index in [2.05, 4.69) is 15.2 Å². The Morgan fingerprint density at radius 1 is 1.40 bits per heavy atom. The Bertz CT molecular complexity index is 628. The molecule has 108 valence electrons. The van der Waals surface area contributed by atoms with E-state index in [1.54, 1.807) is 11.7 Å². The van der Waals surface area contributed by atoms with Crippen molar-refractivity contribution < 1.29 is 13.9 Å². The molecule has 0 aliphatic rings. The predicted molar refractivity (Wildman–Crippen MR) is 76.2 cm³/mol. The molecular formula is C13H15ClFN3O2. The summed E-state index contributed by atoms with van der Waals surface area (Å²) in [6.07, 6.45) is 0. The first-order valence-corrected chi connectivity index (χ1v) is 5.67. The number of benzene rings is 1. The van der Waals surface area contributed by atoms with E-state index in [0.29, 0.717) is 11.5 Å². The van der Waals surface area contributed by atoms with E-state index < -0.39 is 11.8 Å². The molecule has 0 spiro atoms. The van der Waals surface area contributed by atoms with Gasteiger partial charge < -0.3 is 10.1 Å². The SMILES string of the molecule is COC(=O)c1cc(F)ccc1Nc1cc(C)nn1C.Cl. The highest BCUT2D eigenvalue weighted by atomic mass is 35.5. The largest absolute Gasteiger partial charge is 0.465 e. The average Bonchev–Trinajstić information content (AvgIpc) is 2.69. The molecule has 0 unspecified atom stereocenters. The number of carbonyl (C=O) groups is 1. The van der Waals surface area contributed by atoms with Gasteiger partial charge in [0, 0.05) is 13.1 Å². The molecule has 5 nitrogen and oxygen atoms in total. The highest BCUT2D eigenvalue weighted by Gasteiger charge is 2.14. The molecule has 0 aliphatic heterocycles. The second-order valence-corrected chi connectivity index (χ2v) is 4.10. The molecule has 0 saturated carbocycles. The van der Waals surface area contributed by atoms with Crippen molar-refractivity contribution in [3.05, 3.63) is 41.3 Å². The fourth-order valence-corrected chi connectivity index (χ4v) is 1.77. The fourth-order valence-electron chi connectivity index (χ4n) is 1.77. The molecule has 0 fully saturated rings. The first-order chi connectivity index (χ1) is 9.01. The van der Waals surface area contributed by atoms with Crippen molar-refractivity contribution in [3.63, 3.8) is 0 Å². The summed E-state index contributed by atoms with van der Waals surface area (Å²) in [5, 5.41) is 7.22. The number of anilines is 2. The van der Waals surface area contributed by atoms with Crippen molar-refractivity contribution in [3.8, 4) is 0 Å². The maximum atomic E-state index is 13.2. The zero-order chi connectivity index (χ0) is 14.0. The van der Waals surface area contributed by atoms with E-state index in [1.165, 1.54) is 19.2 Å². The van der Waals surface area contributed by atoms with Crippen LogP contribution in [0.25, 0.3) is 0 Å². The summed E-state index contributed by atoms with van der Waals surface area (Å²) < 4.78 is 19.5. The number of nitrogens with one attached hydrogen (secondary N) is 1. The molecule has 0 bridgehead atoms. The Balaban J connectivity index is 0.00000200. The number of esters is 1. The van der Waals surface area contributed by atoms with Crippen LogP contribution in [0.2, 0.25) is 0 Å². The van der Waals surface area contributed by atoms with Crippen LogP contribution in [0.15, 0.2) is 24.3 Å². The Labute approximate surface area is 122 Å². The van der Waals surface area contributed by atoms with Crippen molar-refractivity contribution in [2.75, 3.05) is 12.4 Å². The standard InChI is InChI=1S/C13H14FN3O2.ClH/c1-8-6-12(17(2)16-8)15-11-5-4-9(14)7-10(11)13(18)19-3;/h4-7,15H,1-3H3;1H. The maximum Gasteiger partial charge on any atom is 0.340 e. The number of methoxy groups -OCH3 is 1. The number of ether oxygens (including phenoxy) is 1. The summed E-state index contributed by atoms with van der Waals surface area (Å²) in [6.45, 7) is 1.86. The highest BCUT2D eigenvalue weighted by molar-refractivity contribution is 5.96. The third-order valence-electron chi connectivity index (χ3n) is 2.65. The zero-order valence-corrected chi connectivity index (χ0v) is 12.1. The molecule has 1 aromatic heterocycles. The summed E-state index contributed by atoms with van der Waals surface area (Å²) in [7, 11) is 3.03. The summed E-state index contributed by atoms with van der Waals surface area (Å²) in [4.78, 5) is 11.6. The summed E-state index contributed by atoms with van der Waals surface area (Å²) >= 11 is 0. The number of halogens is 2. The topological polar surface area (TPSA) is 56.1 Å². The molecule has 0 atom stereocenters. The van der Waals surface area contributed by atoms with Gasteiger partial charge in [0.25, 0.3) is 0 Å². The van der Waals surface area contributed by atoms with E-state index in [4.69, 9.17) is 0 Å². The minimum atomic E-state index is -0.596. The molecule has 0 aliphatic carbocycles. The van der Waals surface area contributed by atoms with Crippen LogP contribution in [0, 0.1) is 12.7 Å². The second kappa shape index (κ2) is 6.38. The quantitative estimate of drug-likeness (QED) is 0.886. The smallest absolute Gasteiger partial charge is 0.340 e. The minimum absolute atomic E-state index is 0. The lowest BCUT2D eigenvalue weighted by atomic mass is 10.1. The van der Waals surface area contributed by atoms with Gasteiger partial charge in [0.05, 0.1) is 24.1 Å². The predicted octanol–water partition coefficient (Wildman–Crippen LogP) is 2.82. The van der Waals surface area contributed by atoms with Gasteiger partial charge in [-0.05, 0) is 25.1 Å². The van der Waals surface area contributed by atoms with Gasteiger partial charge in [0.2, 0.25) is 0 Å². The van der Waals surface area contributed by atoms with Gasteiger partial charge in [-0.3, -0.25) is 4.68 Å². The number of rotatable bonds is 3. The molecule has 1 aromatic carbocycles. The van der Waals surface area contributed by atoms with Crippen molar-refractivity contribution in [1.82, 2.24) is 9.78 Å². The number of hydrogen-bond donors (Lipinski definition) is 1. The van der Waals surface area contributed by atoms with Crippen LogP contribution in [-0.2, 0) is 11.8 Å². The molecule has 0 radical (unpaired) electrons. The highest BCUT2D eigenvalue weighted by Crippen LogP contribution is 2.23. The third kappa shape index (κ3) is 3.27. The van der Waals surface area contributed by atoms with Gasteiger partial charge in [-0.2, -0.15) is 5.10 Å². The first-order valence-electron chi connectivity index (χ1n) is 5.67. The van der Waals surface area contributed by atoms with E-state index in [9.17, 15) is 9.18 Å². The average molecular weight is 300 g/mol. The van der Waals surface area contributed by atoms with Crippen molar-refractivity contribution in [2.24, 2.45) is 7.05 Å². The molecule has 7 heteroatoms. The first kappa shape index (κ1) is 16.0. The van der Waals surface area contributed by atoms with Crippen molar-refractivity contribution in [2.45, 2.75) is 6.92 Å². The Hall–Kier alpha value is -2.08. The van der Waals surface area contributed by atoms with Gasteiger partial charge in [0.1, 0.15) is 11.6 Å². The number of aryl methyl sites for hydroxylation is 2. The van der Waals surface area contributed by atoms with E-state index >= 15 is 0 Å². The summed E-state index contributed by atoms with van der Waals surface area (Å²) in [5.41, 5.74) is 1.45. The van der Waals surface area contributed by atoms with Crippen LogP contribution in [0.3, 0.4) is 0 Å². The lowest BCUT2D eigenvalue weighted by molar-refractivity contribution is 0.0601. The Morgan fingerprint density at radius 2 is 2.10 bits per heavy atom. The monoisotopic (exact) mass is 299 g/mol. The normalized spacial score (nSPS) is 9.80. The molecule has 1 heterocycles.